The first-order valence-corrected chi connectivity index (χ1v) is 13.2. The Morgan fingerprint density at radius 2 is 1.97 bits per heavy atom. The van der Waals surface area contributed by atoms with Gasteiger partial charge in [0.15, 0.2) is 4.80 Å². The number of hydrogen-bond acceptors (Lipinski definition) is 7. The van der Waals surface area contributed by atoms with Crippen LogP contribution in [-0.2, 0) is 9.53 Å². The molecule has 0 fully saturated rings. The van der Waals surface area contributed by atoms with Gasteiger partial charge in [0.2, 0.25) is 0 Å². The van der Waals surface area contributed by atoms with Crippen LogP contribution in [0.4, 0.5) is 0 Å². The first-order chi connectivity index (χ1) is 18.3. The number of aromatic nitrogens is 1. The lowest BCUT2D eigenvalue weighted by atomic mass is 9.95. The maximum atomic E-state index is 13.8. The molecular formula is C29H25ClN2O5S. The van der Waals surface area contributed by atoms with Gasteiger partial charge in [-0.2, -0.15) is 0 Å². The molecule has 194 valence electrons. The minimum atomic E-state index is -0.759. The number of halogens is 1. The molecule has 0 N–H and O–H groups in total. The van der Waals surface area contributed by atoms with Crippen LogP contribution in [0, 0.1) is 6.92 Å². The van der Waals surface area contributed by atoms with Crippen LogP contribution >= 0.6 is 22.9 Å². The zero-order valence-corrected chi connectivity index (χ0v) is 22.9. The number of fused-ring (bicyclic) bond motifs is 1. The molecule has 4 aromatic rings. The number of carbonyl (C=O) groups excluding carboxylic acids is 1. The normalized spacial score (nSPS) is 15.3. The van der Waals surface area contributed by atoms with Crippen molar-refractivity contribution in [3.8, 4) is 17.1 Å². The number of thiazole rings is 1. The van der Waals surface area contributed by atoms with E-state index in [0.29, 0.717) is 48.5 Å². The highest BCUT2D eigenvalue weighted by molar-refractivity contribution is 7.07. The second kappa shape index (κ2) is 10.5. The van der Waals surface area contributed by atoms with E-state index in [1.807, 2.05) is 49.4 Å². The molecule has 1 atom stereocenters. The molecule has 9 heteroatoms. The van der Waals surface area contributed by atoms with Crippen molar-refractivity contribution >= 4 is 35.0 Å². The summed E-state index contributed by atoms with van der Waals surface area (Å²) < 4.78 is 19.0. The van der Waals surface area contributed by atoms with Crippen molar-refractivity contribution in [2.45, 2.75) is 26.8 Å². The van der Waals surface area contributed by atoms with Crippen LogP contribution in [0.3, 0.4) is 0 Å². The topological polar surface area (TPSA) is 83.0 Å². The number of ether oxygens (including phenoxy) is 2. The zero-order chi connectivity index (χ0) is 27.0. The molecule has 0 bridgehead atoms. The number of para-hydroxylation sites is 1. The highest BCUT2D eigenvalue weighted by atomic mass is 35.5. The number of nitrogens with zero attached hydrogens (tertiary/aromatic N) is 2. The first kappa shape index (κ1) is 25.8. The standard InChI is InChI=1S/C29H25ClN2O5S/c1-5-36-28(34)25-17(3)31-29-32(26(25)20-8-6-7-9-22(20)35-4)27(33)24(38-29)15-19-12-13-23(37-19)21-14-18(30)11-10-16(21)2/h6-15,26H,5H2,1-4H3/b24-15-. The SMILES string of the molecule is CCOC(=O)C1=C(C)N=c2s/c(=C\c3ccc(-c4cc(Cl)ccc4C)o3)c(=O)n2C1c1ccccc1OC. The van der Waals surface area contributed by atoms with Crippen molar-refractivity contribution in [1.29, 1.82) is 0 Å². The third kappa shape index (κ3) is 4.61. The van der Waals surface area contributed by atoms with Gasteiger partial charge in [-0.1, -0.05) is 47.2 Å². The molecule has 0 radical (unpaired) electrons. The van der Waals surface area contributed by atoms with E-state index in [4.69, 9.17) is 25.5 Å². The van der Waals surface area contributed by atoms with E-state index in [9.17, 15) is 9.59 Å². The Morgan fingerprint density at radius 3 is 2.74 bits per heavy atom. The van der Waals surface area contributed by atoms with Gasteiger partial charge in [-0.15, -0.1) is 0 Å². The Hall–Kier alpha value is -3.88. The number of furan rings is 1. The van der Waals surface area contributed by atoms with Gasteiger partial charge in [0, 0.05) is 22.2 Å². The van der Waals surface area contributed by atoms with E-state index in [1.165, 1.54) is 15.9 Å². The fourth-order valence-electron chi connectivity index (χ4n) is 4.54. The summed E-state index contributed by atoms with van der Waals surface area (Å²) in [6, 6.07) is 15.8. The summed E-state index contributed by atoms with van der Waals surface area (Å²) >= 11 is 7.42. The lowest BCUT2D eigenvalue weighted by molar-refractivity contribution is -0.139. The number of benzene rings is 2. The van der Waals surface area contributed by atoms with Crippen molar-refractivity contribution in [3.05, 3.63) is 107 Å². The number of allylic oxidation sites excluding steroid dienone is 1. The summed E-state index contributed by atoms with van der Waals surface area (Å²) in [5, 5.41) is 0.612. The second-order valence-corrected chi connectivity index (χ2v) is 10.2. The van der Waals surface area contributed by atoms with Crippen LogP contribution in [0.25, 0.3) is 17.4 Å². The van der Waals surface area contributed by atoms with E-state index in [2.05, 4.69) is 4.99 Å². The minimum Gasteiger partial charge on any atom is -0.496 e. The van der Waals surface area contributed by atoms with Crippen molar-refractivity contribution in [1.82, 2.24) is 4.57 Å². The molecule has 38 heavy (non-hydrogen) atoms. The summed E-state index contributed by atoms with van der Waals surface area (Å²) in [6.45, 7) is 5.67. The fraction of sp³-hybridized carbons (Fsp3) is 0.207. The fourth-order valence-corrected chi connectivity index (χ4v) is 5.74. The molecule has 2 aromatic heterocycles. The van der Waals surface area contributed by atoms with Gasteiger partial charge in [0.05, 0.1) is 29.5 Å². The van der Waals surface area contributed by atoms with Crippen LogP contribution in [0.5, 0.6) is 5.75 Å². The molecule has 0 saturated carbocycles. The van der Waals surface area contributed by atoms with E-state index >= 15 is 0 Å². The van der Waals surface area contributed by atoms with Gasteiger partial charge < -0.3 is 13.9 Å². The lowest BCUT2D eigenvalue weighted by Crippen LogP contribution is -2.40. The van der Waals surface area contributed by atoms with Crippen molar-refractivity contribution in [2.24, 2.45) is 4.99 Å². The zero-order valence-electron chi connectivity index (χ0n) is 21.3. The Kier molecular flexibility index (Phi) is 7.10. The Bertz CT molecular complexity index is 1760. The van der Waals surface area contributed by atoms with Crippen LogP contribution < -0.4 is 19.6 Å². The molecule has 2 aromatic carbocycles. The second-order valence-electron chi connectivity index (χ2n) is 8.71. The molecular weight excluding hydrogens is 524 g/mol. The predicted octanol–water partition coefficient (Wildman–Crippen LogP) is 5.03. The molecule has 3 heterocycles. The summed E-state index contributed by atoms with van der Waals surface area (Å²) in [4.78, 5) is 32.0. The molecule has 1 aliphatic rings. The maximum Gasteiger partial charge on any atom is 0.338 e. The van der Waals surface area contributed by atoms with E-state index in [1.54, 1.807) is 39.2 Å². The summed E-state index contributed by atoms with van der Waals surface area (Å²) in [5.41, 5.74) is 3.06. The number of methoxy groups -OCH3 is 1. The summed E-state index contributed by atoms with van der Waals surface area (Å²) in [7, 11) is 1.55. The van der Waals surface area contributed by atoms with Gasteiger partial charge in [0.1, 0.15) is 23.3 Å². The monoisotopic (exact) mass is 548 g/mol. The highest BCUT2D eigenvalue weighted by Crippen LogP contribution is 2.35. The van der Waals surface area contributed by atoms with Gasteiger partial charge >= 0.3 is 5.97 Å². The maximum absolute atomic E-state index is 13.8. The number of aryl methyl sites for hydroxylation is 1. The summed E-state index contributed by atoms with van der Waals surface area (Å²) in [6.07, 6.45) is 1.69. The lowest BCUT2D eigenvalue weighted by Gasteiger charge is -2.25. The first-order valence-electron chi connectivity index (χ1n) is 12.0. The molecule has 1 unspecified atom stereocenters. The average molecular weight is 549 g/mol. The molecule has 1 aliphatic heterocycles. The largest absolute Gasteiger partial charge is 0.496 e. The predicted molar refractivity (Wildman–Crippen MR) is 147 cm³/mol. The Morgan fingerprint density at radius 1 is 1.18 bits per heavy atom. The molecule has 0 amide bonds. The van der Waals surface area contributed by atoms with Gasteiger partial charge in [-0.05, 0) is 56.7 Å². The van der Waals surface area contributed by atoms with E-state index in [0.717, 1.165) is 11.1 Å². The third-order valence-electron chi connectivity index (χ3n) is 6.32. The van der Waals surface area contributed by atoms with Crippen LogP contribution in [0.2, 0.25) is 5.02 Å². The van der Waals surface area contributed by atoms with Crippen LogP contribution in [-0.4, -0.2) is 24.3 Å². The molecule has 0 aliphatic carbocycles. The van der Waals surface area contributed by atoms with E-state index < -0.39 is 12.0 Å². The molecule has 0 spiro atoms. The Labute approximate surface area is 227 Å². The summed E-state index contributed by atoms with van der Waals surface area (Å²) in [5.74, 6) is 1.19. The Balaban J connectivity index is 1.67. The number of hydrogen-bond donors (Lipinski definition) is 0. The number of rotatable bonds is 6. The van der Waals surface area contributed by atoms with Crippen LogP contribution in [0.1, 0.15) is 36.8 Å². The molecule has 5 rings (SSSR count). The number of esters is 1. The van der Waals surface area contributed by atoms with Crippen molar-refractivity contribution in [3.63, 3.8) is 0 Å². The third-order valence-corrected chi connectivity index (χ3v) is 7.53. The molecule has 0 saturated heterocycles. The average Bonchev–Trinajstić information content (AvgIpc) is 3.49. The highest BCUT2D eigenvalue weighted by Gasteiger charge is 2.35. The quantitative estimate of drug-likeness (QED) is 0.316. The number of carbonyl (C=O) groups is 1. The van der Waals surface area contributed by atoms with Gasteiger partial charge in [-0.3, -0.25) is 9.36 Å². The smallest absolute Gasteiger partial charge is 0.338 e. The van der Waals surface area contributed by atoms with Gasteiger partial charge in [-0.25, -0.2) is 9.79 Å². The van der Waals surface area contributed by atoms with E-state index in [-0.39, 0.29) is 12.2 Å². The van der Waals surface area contributed by atoms with Crippen molar-refractivity contribution < 1.29 is 18.7 Å². The van der Waals surface area contributed by atoms with Crippen LogP contribution in [0.15, 0.2) is 80.1 Å². The van der Waals surface area contributed by atoms with Gasteiger partial charge in [0.25, 0.3) is 5.56 Å². The minimum absolute atomic E-state index is 0.200. The molecule has 7 nitrogen and oxygen atoms in total. The van der Waals surface area contributed by atoms with Crippen molar-refractivity contribution in [2.75, 3.05) is 13.7 Å².